The molecule has 0 atom stereocenters. The van der Waals surface area contributed by atoms with E-state index >= 15 is 0 Å². The van der Waals surface area contributed by atoms with Gasteiger partial charge in [0.25, 0.3) is 0 Å². The number of carbonyl (C=O) groups excluding carboxylic acids is 1. The van der Waals surface area contributed by atoms with E-state index in [1.165, 1.54) is 0 Å². The molecule has 1 aromatic carbocycles. The second-order valence-electron chi connectivity index (χ2n) is 5.71. The number of aryl methyl sites for hydroxylation is 1. The maximum absolute atomic E-state index is 13.5. The molecule has 0 bridgehead atoms. The molecule has 0 aliphatic carbocycles. The molecule has 28 heavy (non-hydrogen) atoms. The number of carbonyl (C=O) groups is 1. The average Bonchev–Trinajstić information content (AvgIpc) is 3.12. The fourth-order valence-electron chi connectivity index (χ4n) is 2.24. The predicted molar refractivity (Wildman–Crippen MR) is 95.7 cm³/mol. The number of urea groups is 1. The summed E-state index contributed by atoms with van der Waals surface area (Å²) in [7, 11) is 0. The summed E-state index contributed by atoms with van der Waals surface area (Å²) >= 11 is 0. The molecule has 2 heterocycles. The van der Waals surface area contributed by atoms with Gasteiger partial charge in [-0.15, -0.1) is 10.2 Å². The van der Waals surface area contributed by atoms with E-state index in [0.717, 1.165) is 17.8 Å². The van der Waals surface area contributed by atoms with Crippen molar-refractivity contribution >= 4 is 17.5 Å². The average molecular weight is 391 g/mol. The van der Waals surface area contributed by atoms with Crippen molar-refractivity contribution in [2.75, 3.05) is 23.7 Å². The van der Waals surface area contributed by atoms with Crippen molar-refractivity contribution in [3.63, 3.8) is 0 Å². The summed E-state index contributed by atoms with van der Waals surface area (Å²) in [6.07, 6.45) is 1.77. The van der Waals surface area contributed by atoms with Crippen LogP contribution in [0.1, 0.15) is 5.69 Å². The summed E-state index contributed by atoms with van der Waals surface area (Å²) in [5.41, 5.74) is 0.399. The van der Waals surface area contributed by atoms with Crippen molar-refractivity contribution < 1.29 is 18.0 Å². The molecule has 3 rings (SSSR count). The highest BCUT2D eigenvalue weighted by molar-refractivity contribution is 5.89. The van der Waals surface area contributed by atoms with Crippen molar-refractivity contribution in [1.29, 1.82) is 0 Å². The van der Waals surface area contributed by atoms with Crippen LogP contribution in [0.3, 0.4) is 0 Å². The maximum Gasteiger partial charge on any atom is 0.319 e. The Bertz CT molecular complexity index is 975. The van der Waals surface area contributed by atoms with Crippen molar-refractivity contribution in [2.24, 2.45) is 0 Å². The third-order valence-electron chi connectivity index (χ3n) is 3.61. The van der Waals surface area contributed by atoms with Gasteiger partial charge in [-0.3, -0.25) is 0 Å². The number of benzene rings is 1. The van der Waals surface area contributed by atoms with Crippen LogP contribution in [-0.4, -0.2) is 39.1 Å². The van der Waals surface area contributed by atoms with Gasteiger partial charge in [-0.05, 0) is 37.3 Å². The molecular formula is C17H16F3N7O. The minimum absolute atomic E-state index is 0.166. The number of nitrogens with one attached hydrogen (secondary N) is 3. The monoisotopic (exact) mass is 391 g/mol. The molecule has 0 aliphatic heterocycles. The van der Waals surface area contributed by atoms with Crippen molar-refractivity contribution in [2.45, 2.75) is 6.92 Å². The van der Waals surface area contributed by atoms with Crippen LogP contribution in [0, 0.1) is 24.4 Å². The van der Waals surface area contributed by atoms with Crippen LogP contribution in [0.25, 0.3) is 5.82 Å². The van der Waals surface area contributed by atoms with Crippen LogP contribution in [0.4, 0.5) is 29.5 Å². The standard InChI is InChI=1S/C17H16F3N7O/c1-10-6-9-27(26-10)14-5-4-13(24-25-14)21-7-8-22-17(28)23-12-3-2-11(18)15(19)16(12)20/h2-6,9H,7-8H2,1H3,(H,21,24)(H2,22,23,28). The van der Waals surface area contributed by atoms with Crippen LogP contribution in [0.2, 0.25) is 0 Å². The molecular weight excluding hydrogens is 375 g/mol. The maximum atomic E-state index is 13.5. The van der Waals surface area contributed by atoms with E-state index in [1.807, 2.05) is 13.0 Å². The Morgan fingerprint density at radius 3 is 2.54 bits per heavy atom. The quantitative estimate of drug-likeness (QED) is 0.443. The topological polar surface area (TPSA) is 96.8 Å². The third kappa shape index (κ3) is 4.55. The van der Waals surface area contributed by atoms with Gasteiger partial charge >= 0.3 is 6.03 Å². The summed E-state index contributed by atoms with van der Waals surface area (Å²) in [6.45, 7) is 2.34. The Labute approximate surface area is 157 Å². The van der Waals surface area contributed by atoms with E-state index in [1.54, 1.807) is 23.0 Å². The van der Waals surface area contributed by atoms with Gasteiger partial charge in [0, 0.05) is 19.3 Å². The van der Waals surface area contributed by atoms with Gasteiger partial charge in [-0.25, -0.2) is 22.6 Å². The predicted octanol–water partition coefficient (Wildman–Crippen LogP) is 2.62. The highest BCUT2D eigenvalue weighted by Gasteiger charge is 2.14. The van der Waals surface area contributed by atoms with Crippen molar-refractivity contribution in [3.8, 4) is 5.82 Å². The Morgan fingerprint density at radius 1 is 1.04 bits per heavy atom. The molecule has 0 fully saturated rings. The number of nitrogens with zero attached hydrogens (tertiary/aromatic N) is 4. The number of aromatic nitrogens is 4. The molecule has 0 saturated carbocycles. The Hall–Kier alpha value is -3.63. The van der Waals surface area contributed by atoms with Gasteiger partial charge in [0.15, 0.2) is 23.3 Å². The number of rotatable bonds is 6. The second kappa shape index (κ2) is 8.37. The lowest BCUT2D eigenvalue weighted by molar-refractivity contribution is 0.252. The summed E-state index contributed by atoms with van der Waals surface area (Å²) < 4.78 is 41.1. The largest absolute Gasteiger partial charge is 0.367 e. The molecule has 0 radical (unpaired) electrons. The molecule has 0 unspecified atom stereocenters. The van der Waals surface area contributed by atoms with Crippen LogP contribution < -0.4 is 16.0 Å². The Balaban J connectivity index is 1.44. The van der Waals surface area contributed by atoms with Crippen LogP contribution in [0.5, 0.6) is 0 Å². The van der Waals surface area contributed by atoms with Crippen LogP contribution in [0.15, 0.2) is 36.5 Å². The highest BCUT2D eigenvalue weighted by Crippen LogP contribution is 2.19. The number of halogens is 3. The fourth-order valence-corrected chi connectivity index (χ4v) is 2.24. The molecule has 0 aliphatic rings. The van der Waals surface area contributed by atoms with Crippen molar-refractivity contribution in [3.05, 3.63) is 59.7 Å². The first-order valence-electron chi connectivity index (χ1n) is 8.22. The van der Waals surface area contributed by atoms with Crippen LogP contribution >= 0.6 is 0 Å². The van der Waals surface area contributed by atoms with Gasteiger partial charge in [-0.1, -0.05) is 0 Å². The van der Waals surface area contributed by atoms with E-state index < -0.39 is 29.2 Å². The lowest BCUT2D eigenvalue weighted by Crippen LogP contribution is -2.33. The van der Waals surface area contributed by atoms with Crippen molar-refractivity contribution in [1.82, 2.24) is 25.3 Å². The minimum atomic E-state index is -1.65. The molecule has 0 spiro atoms. The minimum Gasteiger partial charge on any atom is -0.367 e. The number of hydrogen-bond donors (Lipinski definition) is 3. The molecule has 8 nitrogen and oxygen atoms in total. The van der Waals surface area contributed by atoms with E-state index in [-0.39, 0.29) is 6.54 Å². The van der Waals surface area contributed by atoms with Gasteiger partial charge in [0.2, 0.25) is 0 Å². The van der Waals surface area contributed by atoms with E-state index in [2.05, 4.69) is 31.2 Å². The van der Waals surface area contributed by atoms with Crippen LogP contribution in [-0.2, 0) is 0 Å². The number of hydrogen-bond acceptors (Lipinski definition) is 5. The zero-order chi connectivity index (χ0) is 20.1. The lowest BCUT2D eigenvalue weighted by atomic mass is 10.3. The Kier molecular flexibility index (Phi) is 5.72. The summed E-state index contributed by atoms with van der Waals surface area (Å²) in [5.74, 6) is -3.39. The molecule has 3 N–H and O–H groups in total. The highest BCUT2D eigenvalue weighted by atomic mass is 19.2. The summed E-state index contributed by atoms with van der Waals surface area (Å²) in [4.78, 5) is 11.7. The summed E-state index contributed by atoms with van der Waals surface area (Å²) in [5, 5.41) is 19.8. The fraction of sp³-hybridized carbons (Fsp3) is 0.176. The third-order valence-corrected chi connectivity index (χ3v) is 3.61. The summed E-state index contributed by atoms with van der Waals surface area (Å²) in [6, 6.07) is 6.18. The smallest absolute Gasteiger partial charge is 0.319 e. The number of amides is 2. The van der Waals surface area contributed by atoms with Gasteiger partial charge < -0.3 is 16.0 Å². The molecule has 0 saturated heterocycles. The second-order valence-corrected chi connectivity index (χ2v) is 5.71. The van der Waals surface area contributed by atoms with E-state index in [4.69, 9.17) is 0 Å². The molecule has 2 amide bonds. The Morgan fingerprint density at radius 2 is 1.86 bits per heavy atom. The van der Waals surface area contributed by atoms with Gasteiger partial charge in [0.05, 0.1) is 11.4 Å². The first-order valence-corrected chi connectivity index (χ1v) is 8.22. The van der Waals surface area contributed by atoms with Gasteiger partial charge in [-0.2, -0.15) is 5.10 Å². The van der Waals surface area contributed by atoms with E-state index in [9.17, 15) is 18.0 Å². The first kappa shape index (κ1) is 19.1. The molecule has 2 aromatic heterocycles. The zero-order valence-electron chi connectivity index (χ0n) is 14.7. The lowest BCUT2D eigenvalue weighted by Gasteiger charge is -2.10. The first-order chi connectivity index (χ1) is 13.4. The molecule has 11 heteroatoms. The number of anilines is 2. The molecule has 146 valence electrons. The zero-order valence-corrected chi connectivity index (χ0v) is 14.7. The normalized spacial score (nSPS) is 10.6. The van der Waals surface area contributed by atoms with E-state index in [0.29, 0.717) is 18.2 Å². The molecule has 3 aromatic rings. The van der Waals surface area contributed by atoms with Gasteiger partial charge in [0.1, 0.15) is 5.82 Å². The SMILES string of the molecule is Cc1ccn(-c2ccc(NCCNC(=O)Nc3ccc(F)c(F)c3F)nn2)n1.